The number of anilines is 1. The molecule has 1 aliphatic rings. The largest absolute Gasteiger partial charge is 0.378 e. The van der Waals surface area contributed by atoms with Gasteiger partial charge in [-0.2, -0.15) is 5.10 Å². The van der Waals surface area contributed by atoms with Crippen molar-refractivity contribution in [2.75, 3.05) is 5.32 Å². The fourth-order valence-corrected chi connectivity index (χ4v) is 3.70. The van der Waals surface area contributed by atoms with Crippen molar-refractivity contribution in [1.29, 1.82) is 0 Å². The van der Waals surface area contributed by atoms with Crippen molar-refractivity contribution in [3.8, 4) is 11.8 Å². The molecule has 3 aromatic rings. The Hall–Kier alpha value is -2.48. The average Bonchev–Trinajstić information content (AvgIpc) is 3.04. The number of aromatic amines is 1. The summed E-state index contributed by atoms with van der Waals surface area (Å²) in [7, 11) is 0. The van der Waals surface area contributed by atoms with Crippen LogP contribution in [-0.2, 0) is 0 Å². The maximum Gasteiger partial charge on any atom is 0.155 e. The van der Waals surface area contributed by atoms with Crippen molar-refractivity contribution in [2.45, 2.75) is 37.3 Å². The lowest BCUT2D eigenvalue weighted by molar-refractivity contribution is 0.0561. The van der Waals surface area contributed by atoms with Crippen LogP contribution in [0.25, 0.3) is 10.9 Å². The molecular weight excluding hydrogens is 346 g/mol. The van der Waals surface area contributed by atoms with Crippen LogP contribution in [0.3, 0.4) is 0 Å². The molecule has 3 N–H and O–H groups in total. The third-order valence-electron chi connectivity index (χ3n) is 4.80. The fourth-order valence-electron chi connectivity index (χ4n) is 3.51. The Labute approximate surface area is 157 Å². The van der Waals surface area contributed by atoms with Crippen LogP contribution in [-0.4, -0.2) is 26.9 Å². The highest BCUT2D eigenvalue weighted by Gasteiger charge is 2.33. The smallest absolute Gasteiger partial charge is 0.155 e. The quantitative estimate of drug-likeness (QED) is 0.591. The van der Waals surface area contributed by atoms with E-state index < -0.39 is 5.60 Å². The number of hydrogen-bond acceptors (Lipinski definition) is 3. The summed E-state index contributed by atoms with van der Waals surface area (Å²) >= 11 is 6.00. The number of hydrogen-bond donors (Lipinski definition) is 3. The van der Waals surface area contributed by atoms with Crippen LogP contribution in [0.2, 0.25) is 5.02 Å². The average molecular weight is 366 g/mol. The zero-order valence-corrected chi connectivity index (χ0v) is 15.1. The van der Waals surface area contributed by atoms with Gasteiger partial charge in [-0.05, 0) is 49.6 Å². The van der Waals surface area contributed by atoms with E-state index in [0.717, 1.165) is 35.1 Å². The van der Waals surface area contributed by atoms with E-state index in [1.54, 1.807) is 0 Å². The molecule has 132 valence electrons. The summed E-state index contributed by atoms with van der Waals surface area (Å²) in [4.78, 5) is 0. The summed E-state index contributed by atoms with van der Waals surface area (Å²) in [5.74, 6) is 6.97. The van der Waals surface area contributed by atoms with E-state index in [1.165, 1.54) is 0 Å². The van der Waals surface area contributed by atoms with Crippen molar-refractivity contribution in [3.63, 3.8) is 0 Å². The molecule has 1 fully saturated rings. The summed E-state index contributed by atoms with van der Waals surface area (Å²) in [6, 6.07) is 15.5. The van der Waals surface area contributed by atoms with Crippen LogP contribution in [0.5, 0.6) is 0 Å². The molecule has 4 nitrogen and oxygen atoms in total. The Morgan fingerprint density at radius 1 is 1.23 bits per heavy atom. The normalized spacial score (nSPS) is 22.6. The fraction of sp³-hybridized carbons (Fsp3) is 0.286. The van der Waals surface area contributed by atoms with E-state index >= 15 is 0 Å². The first-order valence-electron chi connectivity index (χ1n) is 8.82. The van der Waals surface area contributed by atoms with Crippen LogP contribution in [0.1, 0.15) is 31.2 Å². The van der Waals surface area contributed by atoms with Crippen LogP contribution < -0.4 is 5.32 Å². The van der Waals surface area contributed by atoms with Gasteiger partial charge < -0.3 is 10.4 Å². The van der Waals surface area contributed by atoms with Crippen LogP contribution in [0, 0.1) is 11.8 Å². The second kappa shape index (κ2) is 7.03. The molecule has 2 atom stereocenters. The first kappa shape index (κ1) is 17.0. The second-order valence-corrected chi connectivity index (χ2v) is 7.28. The van der Waals surface area contributed by atoms with Gasteiger partial charge in [0.05, 0.1) is 5.52 Å². The number of para-hydroxylation sites is 1. The van der Waals surface area contributed by atoms with Crippen LogP contribution >= 0.6 is 11.6 Å². The topological polar surface area (TPSA) is 60.9 Å². The van der Waals surface area contributed by atoms with Gasteiger partial charge in [-0.25, -0.2) is 0 Å². The number of rotatable bonds is 2. The predicted molar refractivity (Wildman–Crippen MR) is 105 cm³/mol. The Bertz CT molecular complexity index is 987. The van der Waals surface area contributed by atoms with Gasteiger partial charge in [-0.1, -0.05) is 41.6 Å². The first-order valence-corrected chi connectivity index (χ1v) is 9.20. The number of halogens is 1. The Balaban J connectivity index is 1.50. The zero-order chi connectivity index (χ0) is 18.0. The van der Waals surface area contributed by atoms with Crippen molar-refractivity contribution >= 4 is 28.3 Å². The van der Waals surface area contributed by atoms with Gasteiger partial charge in [0.15, 0.2) is 5.82 Å². The molecule has 0 radical (unpaired) electrons. The summed E-state index contributed by atoms with van der Waals surface area (Å²) in [6.07, 6.45) is 3.16. The van der Waals surface area contributed by atoms with E-state index in [2.05, 4.69) is 27.4 Å². The maximum absolute atomic E-state index is 10.9. The SMILES string of the molecule is O[C@@]1(C#Cc2cccc(Cl)c2)CCC[C@H](Nc2n[nH]c3ccccc23)C1. The third kappa shape index (κ3) is 3.70. The van der Waals surface area contributed by atoms with Crippen LogP contribution in [0.4, 0.5) is 5.82 Å². The number of nitrogens with one attached hydrogen (secondary N) is 2. The van der Waals surface area contributed by atoms with E-state index in [-0.39, 0.29) is 6.04 Å². The lowest BCUT2D eigenvalue weighted by Gasteiger charge is -2.33. The molecule has 1 aliphatic carbocycles. The summed E-state index contributed by atoms with van der Waals surface area (Å²) in [5.41, 5.74) is 0.825. The number of aromatic nitrogens is 2. The monoisotopic (exact) mass is 365 g/mol. The van der Waals surface area contributed by atoms with Gasteiger partial charge in [0, 0.05) is 28.4 Å². The molecule has 4 rings (SSSR count). The summed E-state index contributed by atoms with van der Waals surface area (Å²) in [5, 5.41) is 23.5. The standard InChI is InChI=1S/C21H20ClN3O/c22-16-6-3-5-15(13-16)10-12-21(26)11-4-7-17(14-21)23-20-18-8-1-2-9-19(18)24-25-20/h1-3,5-6,8-9,13,17,26H,4,7,11,14H2,(H2,23,24,25)/t17-,21+/m0/s1. The highest BCUT2D eigenvalue weighted by Crippen LogP contribution is 2.31. The van der Waals surface area contributed by atoms with Gasteiger partial charge in [-0.3, -0.25) is 5.10 Å². The Morgan fingerprint density at radius 3 is 3.00 bits per heavy atom. The highest BCUT2D eigenvalue weighted by atomic mass is 35.5. The number of H-pyrrole nitrogens is 1. The van der Waals surface area contributed by atoms with Gasteiger partial charge in [0.25, 0.3) is 0 Å². The summed E-state index contributed by atoms with van der Waals surface area (Å²) < 4.78 is 0. The molecule has 1 heterocycles. The minimum absolute atomic E-state index is 0.133. The molecule has 2 aromatic carbocycles. The number of fused-ring (bicyclic) bond motifs is 1. The molecule has 0 unspecified atom stereocenters. The van der Waals surface area contributed by atoms with Gasteiger partial charge in [0.2, 0.25) is 0 Å². The van der Waals surface area contributed by atoms with Crippen LogP contribution in [0.15, 0.2) is 48.5 Å². The zero-order valence-electron chi connectivity index (χ0n) is 14.3. The van der Waals surface area contributed by atoms with Gasteiger partial charge in [0.1, 0.15) is 5.60 Å². The van der Waals surface area contributed by atoms with Crippen molar-refractivity contribution in [3.05, 3.63) is 59.1 Å². The molecule has 0 aliphatic heterocycles. The van der Waals surface area contributed by atoms with Crippen molar-refractivity contribution < 1.29 is 5.11 Å². The number of aliphatic hydroxyl groups is 1. The van der Waals surface area contributed by atoms with Gasteiger partial charge >= 0.3 is 0 Å². The third-order valence-corrected chi connectivity index (χ3v) is 5.04. The lowest BCUT2D eigenvalue weighted by atomic mass is 9.82. The van der Waals surface area contributed by atoms with E-state index in [4.69, 9.17) is 11.6 Å². The molecular formula is C21H20ClN3O. The van der Waals surface area contributed by atoms with E-state index in [9.17, 15) is 5.11 Å². The second-order valence-electron chi connectivity index (χ2n) is 6.85. The molecule has 26 heavy (non-hydrogen) atoms. The minimum atomic E-state index is -0.996. The molecule has 0 saturated heterocycles. The number of benzene rings is 2. The first-order chi connectivity index (χ1) is 12.6. The predicted octanol–water partition coefficient (Wildman–Crippen LogP) is 4.35. The molecule has 0 bridgehead atoms. The van der Waals surface area contributed by atoms with Crippen molar-refractivity contribution in [1.82, 2.24) is 10.2 Å². The molecule has 0 spiro atoms. The Morgan fingerprint density at radius 2 is 2.12 bits per heavy atom. The van der Waals surface area contributed by atoms with Gasteiger partial charge in [-0.15, -0.1) is 0 Å². The van der Waals surface area contributed by atoms with Crippen molar-refractivity contribution in [2.24, 2.45) is 0 Å². The van der Waals surface area contributed by atoms with E-state index in [0.29, 0.717) is 17.9 Å². The Kier molecular flexibility index (Phi) is 4.58. The lowest BCUT2D eigenvalue weighted by Crippen LogP contribution is -2.39. The molecule has 1 saturated carbocycles. The maximum atomic E-state index is 10.9. The molecule has 5 heteroatoms. The molecule has 1 aromatic heterocycles. The minimum Gasteiger partial charge on any atom is -0.378 e. The number of nitrogens with zero attached hydrogens (tertiary/aromatic N) is 1. The molecule has 0 amide bonds. The summed E-state index contributed by atoms with van der Waals surface area (Å²) in [6.45, 7) is 0. The highest BCUT2D eigenvalue weighted by molar-refractivity contribution is 6.30. The van der Waals surface area contributed by atoms with E-state index in [1.807, 2.05) is 48.5 Å².